The van der Waals surface area contributed by atoms with E-state index < -0.39 is 0 Å². The van der Waals surface area contributed by atoms with Crippen molar-refractivity contribution in [1.82, 2.24) is 5.32 Å². The van der Waals surface area contributed by atoms with Gasteiger partial charge < -0.3 is 15.8 Å². The Bertz CT molecular complexity index is 1010. The first-order valence-corrected chi connectivity index (χ1v) is 10.9. The van der Waals surface area contributed by atoms with Crippen LogP contribution in [-0.2, 0) is 6.42 Å². The SMILES string of the molecule is Cc1sc(C(=O)NCCC2COc3ccc(C(=N)N)cc32)c2c1C(=O)C(S)CC2. The zero-order valence-corrected chi connectivity index (χ0v) is 17.8. The third kappa shape index (κ3) is 3.67. The zero-order chi connectivity index (χ0) is 20.7. The smallest absolute Gasteiger partial charge is 0.261 e. The number of rotatable bonds is 5. The van der Waals surface area contributed by atoms with E-state index in [0.29, 0.717) is 42.0 Å². The first-order chi connectivity index (χ1) is 13.9. The number of nitrogens with two attached hydrogens (primary N) is 1. The van der Waals surface area contributed by atoms with Crippen LogP contribution in [0.25, 0.3) is 0 Å². The molecule has 2 heterocycles. The normalized spacial score (nSPS) is 20.0. The predicted octanol–water partition coefficient (Wildman–Crippen LogP) is 3.06. The van der Waals surface area contributed by atoms with Gasteiger partial charge in [-0.3, -0.25) is 15.0 Å². The Morgan fingerprint density at radius 2 is 2.24 bits per heavy atom. The number of benzene rings is 1. The minimum atomic E-state index is -0.269. The van der Waals surface area contributed by atoms with Gasteiger partial charge in [0, 0.05) is 34.0 Å². The highest BCUT2D eigenvalue weighted by atomic mass is 32.1. The molecule has 2 unspecified atom stereocenters. The van der Waals surface area contributed by atoms with E-state index in [9.17, 15) is 9.59 Å². The van der Waals surface area contributed by atoms with Crippen LogP contribution in [-0.4, -0.2) is 35.9 Å². The monoisotopic (exact) mass is 429 g/mol. The summed E-state index contributed by atoms with van der Waals surface area (Å²) in [6.07, 6.45) is 2.10. The number of amides is 1. The summed E-state index contributed by atoms with van der Waals surface area (Å²) in [7, 11) is 0. The van der Waals surface area contributed by atoms with E-state index in [1.54, 1.807) is 6.07 Å². The fraction of sp³-hybridized carbons (Fsp3) is 0.381. The van der Waals surface area contributed by atoms with Crippen LogP contribution >= 0.6 is 24.0 Å². The van der Waals surface area contributed by atoms with Gasteiger partial charge in [-0.15, -0.1) is 11.3 Å². The van der Waals surface area contributed by atoms with E-state index in [4.69, 9.17) is 15.9 Å². The van der Waals surface area contributed by atoms with Crippen molar-refractivity contribution in [2.75, 3.05) is 13.2 Å². The van der Waals surface area contributed by atoms with Crippen molar-refractivity contribution in [2.24, 2.45) is 5.73 Å². The Morgan fingerprint density at radius 3 is 3.00 bits per heavy atom. The second kappa shape index (κ2) is 7.84. The molecule has 1 aromatic carbocycles. The summed E-state index contributed by atoms with van der Waals surface area (Å²) in [6.45, 7) is 2.95. The van der Waals surface area contributed by atoms with Gasteiger partial charge >= 0.3 is 0 Å². The zero-order valence-electron chi connectivity index (χ0n) is 16.1. The third-order valence-electron chi connectivity index (χ3n) is 5.59. The number of nitrogens with one attached hydrogen (secondary N) is 2. The molecule has 2 aliphatic rings. The number of fused-ring (bicyclic) bond motifs is 2. The molecule has 0 saturated carbocycles. The van der Waals surface area contributed by atoms with Crippen LogP contribution in [0.3, 0.4) is 0 Å². The van der Waals surface area contributed by atoms with Crippen molar-refractivity contribution < 1.29 is 14.3 Å². The van der Waals surface area contributed by atoms with Crippen molar-refractivity contribution in [3.63, 3.8) is 0 Å². The molecule has 152 valence electrons. The van der Waals surface area contributed by atoms with Crippen LogP contribution in [0.4, 0.5) is 0 Å². The van der Waals surface area contributed by atoms with Crippen LogP contribution in [0.5, 0.6) is 5.75 Å². The summed E-state index contributed by atoms with van der Waals surface area (Å²) >= 11 is 5.75. The topological polar surface area (TPSA) is 105 Å². The van der Waals surface area contributed by atoms with Crippen LogP contribution in [0, 0.1) is 12.3 Å². The molecule has 0 fully saturated rings. The molecule has 0 saturated heterocycles. The predicted molar refractivity (Wildman–Crippen MR) is 117 cm³/mol. The van der Waals surface area contributed by atoms with E-state index >= 15 is 0 Å². The molecule has 4 N–H and O–H groups in total. The molecule has 2 aromatic rings. The first-order valence-electron chi connectivity index (χ1n) is 9.60. The number of carbonyl (C=O) groups is 2. The number of Topliss-reactive ketones (excluding diaryl/α,β-unsaturated/α-hetero) is 1. The fourth-order valence-electron chi connectivity index (χ4n) is 4.04. The van der Waals surface area contributed by atoms with Crippen molar-refractivity contribution in [2.45, 2.75) is 37.4 Å². The van der Waals surface area contributed by atoms with Crippen molar-refractivity contribution in [3.05, 3.63) is 50.2 Å². The molecule has 8 heteroatoms. The van der Waals surface area contributed by atoms with E-state index in [1.807, 2.05) is 19.1 Å². The number of ether oxygens (including phenoxy) is 1. The molecule has 1 aromatic heterocycles. The molecule has 0 spiro atoms. The maximum Gasteiger partial charge on any atom is 0.261 e. The number of nitrogen functional groups attached to an aromatic ring is 1. The number of hydrogen-bond donors (Lipinski definition) is 4. The lowest BCUT2D eigenvalue weighted by Gasteiger charge is -2.18. The van der Waals surface area contributed by atoms with Crippen LogP contribution in [0.15, 0.2) is 18.2 Å². The number of amidine groups is 1. The van der Waals surface area contributed by atoms with Gasteiger partial charge in [0.05, 0.1) is 16.7 Å². The number of carbonyl (C=O) groups excluding carboxylic acids is 2. The molecule has 29 heavy (non-hydrogen) atoms. The fourth-order valence-corrected chi connectivity index (χ4v) is 5.42. The maximum absolute atomic E-state index is 12.8. The number of aryl methyl sites for hydroxylation is 1. The Morgan fingerprint density at radius 1 is 1.45 bits per heavy atom. The standard InChI is InChI=1S/C21H23N3O3S2/c1-10-17-13(3-5-16(28)18(17)25)19(29-10)21(26)24-7-6-12-9-27-15-4-2-11(20(22)23)8-14(12)15/h2,4,8,12,16,28H,3,5-7,9H2,1H3,(H3,22,23)(H,24,26). The van der Waals surface area contributed by atoms with Crippen LogP contribution in [0.1, 0.15) is 60.4 Å². The molecule has 2 atom stereocenters. The molecule has 0 radical (unpaired) electrons. The second-order valence-electron chi connectivity index (χ2n) is 7.48. The summed E-state index contributed by atoms with van der Waals surface area (Å²) in [4.78, 5) is 26.7. The summed E-state index contributed by atoms with van der Waals surface area (Å²) in [6, 6.07) is 5.52. The van der Waals surface area contributed by atoms with Gasteiger partial charge in [-0.05, 0) is 49.9 Å². The average molecular weight is 430 g/mol. The number of thiophene rings is 1. The molecule has 4 rings (SSSR count). The third-order valence-corrected chi connectivity index (χ3v) is 7.22. The highest BCUT2D eigenvalue weighted by Crippen LogP contribution is 2.37. The van der Waals surface area contributed by atoms with Crippen molar-refractivity contribution >= 4 is 41.5 Å². The van der Waals surface area contributed by atoms with E-state index in [-0.39, 0.29) is 28.7 Å². The molecule has 6 nitrogen and oxygen atoms in total. The minimum absolute atomic E-state index is 0.0302. The highest BCUT2D eigenvalue weighted by Gasteiger charge is 2.32. The van der Waals surface area contributed by atoms with E-state index in [0.717, 1.165) is 28.2 Å². The maximum atomic E-state index is 12.8. The molecule has 0 bridgehead atoms. The van der Waals surface area contributed by atoms with Gasteiger partial charge in [0.2, 0.25) is 0 Å². The van der Waals surface area contributed by atoms with Crippen molar-refractivity contribution in [1.29, 1.82) is 5.41 Å². The molecular weight excluding hydrogens is 406 g/mol. The lowest BCUT2D eigenvalue weighted by molar-refractivity contribution is 0.0955. The number of hydrogen-bond acceptors (Lipinski definition) is 6. The lowest BCUT2D eigenvalue weighted by atomic mass is 9.90. The Labute approximate surface area is 178 Å². The summed E-state index contributed by atoms with van der Waals surface area (Å²) in [5.74, 6) is 0.900. The number of thiol groups is 1. The van der Waals surface area contributed by atoms with Gasteiger partial charge in [-0.2, -0.15) is 12.6 Å². The largest absolute Gasteiger partial charge is 0.493 e. The molecular formula is C21H23N3O3S2. The first kappa shape index (κ1) is 20.0. The molecule has 1 aliphatic heterocycles. The average Bonchev–Trinajstić information content (AvgIpc) is 3.25. The Hall–Kier alpha value is -2.32. The van der Waals surface area contributed by atoms with Crippen LogP contribution in [0.2, 0.25) is 0 Å². The van der Waals surface area contributed by atoms with Crippen molar-refractivity contribution in [3.8, 4) is 5.75 Å². The second-order valence-corrected chi connectivity index (χ2v) is 9.33. The number of ketones is 1. The van der Waals surface area contributed by atoms with E-state index in [2.05, 4.69) is 17.9 Å². The Kier molecular flexibility index (Phi) is 5.40. The molecule has 1 amide bonds. The van der Waals surface area contributed by atoms with Gasteiger partial charge in [-0.1, -0.05) is 0 Å². The van der Waals surface area contributed by atoms with Gasteiger partial charge in [0.15, 0.2) is 5.78 Å². The van der Waals surface area contributed by atoms with E-state index in [1.165, 1.54) is 11.3 Å². The Balaban J connectivity index is 1.42. The lowest BCUT2D eigenvalue weighted by Crippen LogP contribution is -2.28. The summed E-state index contributed by atoms with van der Waals surface area (Å²) in [5, 5.41) is 10.3. The molecule has 1 aliphatic carbocycles. The quantitative estimate of drug-likeness (QED) is 0.333. The highest BCUT2D eigenvalue weighted by molar-refractivity contribution is 7.81. The summed E-state index contributed by atoms with van der Waals surface area (Å²) in [5.41, 5.74) is 8.87. The van der Waals surface area contributed by atoms with Crippen LogP contribution < -0.4 is 15.8 Å². The van der Waals surface area contributed by atoms with Gasteiger partial charge in [0.25, 0.3) is 5.91 Å². The minimum Gasteiger partial charge on any atom is -0.493 e. The van der Waals surface area contributed by atoms with Gasteiger partial charge in [-0.25, -0.2) is 0 Å². The van der Waals surface area contributed by atoms with Gasteiger partial charge in [0.1, 0.15) is 11.6 Å². The summed E-state index contributed by atoms with van der Waals surface area (Å²) < 4.78 is 5.72.